The van der Waals surface area contributed by atoms with Crippen LogP contribution in [0.3, 0.4) is 0 Å². The molecule has 2 atom stereocenters. The van der Waals surface area contributed by atoms with E-state index in [0.29, 0.717) is 17.9 Å². The van der Waals surface area contributed by atoms with Crippen molar-refractivity contribution in [2.24, 2.45) is 5.92 Å². The molecule has 182 valence electrons. The molecule has 0 radical (unpaired) electrons. The maximum Gasteiger partial charge on any atom is 0.241 e. The van der Waals surface area contributed by atoms with Gasteiger partial charge in [-0.25, -0.2) is 8.42 Å². The quantitative estimate of drug-likeness (QED) is 0.620. The van der Waals surface area contributed by atoms with Crippen LogP contribution in [0.1, 0.15) is 38.8 Å². The molecule has 0 aliphatic carbocycles. The van der Waals surface area contributed by atoms with Crippen molar-refractivity contribution >= 4 is 27.5 Å². The van der Waals surface area contributed by atoms with Crippen LogP contribution in [0.4, 0.5) is 5.69 Å². The molecule has 0 saturated carbocycles. The number of ether oxygens (including phenoxy) is 2. The van der Waals surface area contributed by atoms with Crippen molar-refractivity contribution in [3.8, 4) is 11.5 Å². The van der Waals surface area contributed by atoms with E-state index in [9.17, 15) is 18.0 Å². The van der Waals surface area contributed by atoms with Gasteiger partial charge >= 0.3 is 0 Å². The standard InChI is InChI=1S/C24H29N3O6S/c1-14(2)23(24(29)25-12-17-5-8-21-22(10-17)33-13-32-21)26-34(30,31)19-6-7-20-18(11-19)9-15(3)27(20)16(4)28/h5-8,10-11,14-15,23,26H,9,12-13H2,1-4H3,(H,25,29)/t15-,23-/m1/s1. The monoisotopic (exact) mass is 487 g/mol. The van der Waals surface area contributed by atoms with Gasteiger partial charge in [-0.3, -0.25) is 9.59 Å². The normalized spacial score (nSPS) is 17.6. The first-order valence-electron chi connectivity index (χ1n) is 11.2. The second-order valence-corrected chi connectivity index (χ2v) is 10.7. The lowest BCUT2D eigenvalue weighted by molar-refractivity contribution is -0.123. The van der Waals surface area contributed by atoms with Gasteiger partial charge in [0.15, 0.2) is 11.5 Å². The lowest BCUT2D eigenvalue weighted by Crippen LogP contribution is -2.49. The Morgan fingerprint density at radius 2 is 1.85 bits per heavy atom. The zero-order valence-electron chi connectivity index (χ0n) is 19.6. The molecule has 0 saturated heterocycles. The highest BCUT2D eigenvalue weighted by atomic mass is 32.2. The number of nitrogens with one attached hydrogen (secondary N) is 2. The van der Waals surface area contributed by atoms with Crippen molar-refractivity contribution in [3.05, 3.63) is 47.5 Å². The molecule has 0 aromatic heterocycles. The molecular weight excluding hydrogens is 458 g/mol. The van der Waals surface area contributed by atoms with Crippen molar-refractivity contribution in [1.82, 2.24) is 10.0 Å². The molecular formula is C24H29N3O6S. The maximum atomic E-state index is 13.1. The number of fused-ring (bicyclic) bond motifs is 2. The third kappa shape index (κ3) is 4.74. The first-order chi connectivity index (χ1) is 16.1. The number of anilines is 1. The Labute approximate surface area is 199 Å². The SMILES string of the molecule is CC(=O)N1c2ccc(S(=O)(=O)N[C@@H](C(=O)NCc3ccc4c(c3)OCO4)C(C)C)cc2C[C@H]1C. The van der Waals surface area contributed by atoms with Crippen molar-refractivity contribution in [2.75, 3.05) is 11.7 Å². The molecule has 0 spiro atoms. The number of hydrogen-bond donors (Lipinski definition) is 2. The van der Waals surface area contributed by atoms with Crippen LogP contribution in [-0.2, 0) is 32.6 Å². The van der Waals surface area contributed by atoms with Crippen LogP contribution in [0.2, 0.25) is 0 Å². The van der Waals surface area contributed by atoms with Crippen molar-refractivity contribution in [3.63, 3.8) is 0 Å². The smallest absolute Gasteiger partial charge is 0.241 e. The lowest BCUT2D eigenvalue weighted by Gasteiger charge is -2.22. The molecule has 2 aliphatic heterocycles. The van der Waals surface area contributed by atoms with Gasteiger partial charge in [0.2, 0.25) is 28.6 Å². The molecule has 0 fully saturated rings. The van der Waals surface area contributed by atoms with E-state index in [2.05, 4.69) is 10.0 Å². The summed E-state index contributed by atoms with van der Waals surface area (Å²) in [7, 11) is -3.97. The molecule has 2 N–H and O–H groups in total. The Bertz CT molecular complexity index is 1230. The van der Waals surface area contributed by atoms with E-state index in [1.54, 1.807) is 43.0 Å². The third-order valence-electron chi connectivity index (χ3n) is 6.05. The van der Waals surface area contributed by atoms with Gasteiger partial charge in [0.1, 0.15) is 6.04 Å². The predicted octanol–water partition coefficient (Wildman–Crippen LogP) is 2.33. The number of carbonyl (C=O) groups excluding carboxylic acids is 2. The van der Waals surface area contributed by atoms with Crippen LogP contribution in [-0.4, -0.2) is 39.1 Å². The summed E-state index contributed by atoms with van der Waals surface area (Å²) in [4.78, 5) is 26.6. The summed E-state index contributed by atoms with van der Waals surface area (Å²) >= 11 is 0. The van der Waals surface area contributed by atoms with Gasteiger partial charge in [0, 0.05) is 25.2 Å². The van der Waals surface area contributed by atoms with E-state index in [0.717, 1.165) is 16.8 Å². The molecule has 2 aliphatic rings. The Morgan fingerprint density at radius 3 is 2.56 bits per heavy atom. The summed E-state index contributed by atoms with van der Waals surface area (Å²) in [5, 5.41) is 2.80. The summed E-state index contributed by atoms with van der Waals surface area (Å²) in [5.41, 5.74) is 2.32. The summed E-state index contributed by atoms with van der Waals surface area (Å²) in [6.45, 7) is 7.36. The van der Waals surface area contributed by atoms with E-state index >= 15 is 0 Å². The molecule has 2 heterocycles. The first-order valence-corrected chi connectivity index (χ1v) is 12.7. The molecule has 0 unspecified atom stereocenters. The van der Waals surface area contributed by atoms with Gasteiger partial charge in [-0.15, -0.1) is 0 Å². The average Bonchev–Trinajstić information content (AvgIpc) is 3.37. The van der Waals surface area contributed by atoms with Gasteiger partial charge in [-0.2, -0.15) is 4.72 Å². The van der Waals surface area contributed by atoms with E-state index in [1.165, 1.54) is 13.0 Å². The highest BCUT2D eigenvalue weighted by Crippen LogP contribution is 2.34. The average molecular weight is 488 g/mol. The summed E-state index contributed by atoms with van der Waals surface area (Å²) in [6, 6.07) is 9.08. The fourth-order valence-corrected chi connectivity index (χ4v) is 5.73. The largest absolute Gasteiger partial charge is 0.454 e. The molecule has 2 aromatic carbocycles. The van der Waals surface area contributed by atoms with Gasteiger partial charge in [0.25, 0.3) is 0 Å². The van der Waals surface area contributed by atoms with Crippen LogP contribution in [0.15, 0.2) is 41.3 Å². The molecule has 0 bridgehead atoms. The van der Waals surface area contributed by atoms with Gasteiger partial charge in [0.05, 0.1) is 4.90 Å². The van der Waals surface area contributed by atoms with E-state index in [1.807, 2.05) is 13.0 Å². The number of amides is 2. The minimum atomic E-state index is -3.97. The Morgan fingerprint density at radius 1 is 1.12 bits per heavy atom. The highest BCUT2D eigenvalue weighted by Gasteiger charge is 2.32. The number of hydrogen-bond acceptors (Lipinski definition) is 6. The molecule has 2 amide bonds. The van der Waals surface area contributed by atoms with Gasteiger partial charge in [-0.05, 0) is 60.7 Å². The first kappa shape index (κ1) is 24.0. The topological polar surface area (TPSA) is 114 Å². The molecule has 4 rings (SSSR count). The second kappa shape index (κ2) is 9.27. The third-order valence-corrected chi connectivity index (χ3v) is 7.49. The van der Waals surface area contributed by atoms with E-state index in [-0.39, 0.29) is 36.1 Å². The fourth-order valence-electron chi connectivity index (χ4n) is 4.33. The number of rotatable bonds is 7. The second-order valence-electron chi connectivity index (χ2n) is 8.98. The minimum absolute atomic E-state index is 0.0382. The summed E-state index contributed by atoms with van der Waals surface area (Å²) in [6.07, 6.45) is 0.571. The molecule has 10 heteroatoms. The zero-order chi connectivity index (χ0) is 24.6. The van der Waals surface area contributed by atoms with Gasteiger partial charge in [-0.1, -0.05) is 19.9 Å². The number of sulfonamides is 1. The molecule has 9 nitrogen and oxygen atoms in total. The maximum absolute atomic E-state index is 13.1. The van der Waals surface area contributed by atoms with Crippen LogP contribution >= 0.6 is 0 Å². The van der Waals surface area contributed by atoms with Crippen molar-refractivity contribution < 1.29 is 27.5 Å². The number of nitrogens with zero attached hydrogens (tertiary/aromatic N) is 1. The van der Waals surface area contributed by atoms with Crippen LogP contribution < -0.4 is 24.4 Å². The van der Waals surface area contributed by atoms with Crippen LogP contribution in [0.25, 0.3) is 0 Å². The highest BCUT2D eigenvalue weighted by molar-refractivity contribution is 7.89. The van der Waals surface area contributed by atoms with Crippen LogP contribution in [0.5, 0.6) is 11.5 Å². The van der Waals surface area contributed by atoms with Crippen molar-refractivity contribution in [1.29, 1.82) is 0 Å². The fraction of sp³-hybridized carbons (Fsp3) is 0.417. The van der Waals surface area contributed by atoms with Gasteiger partial charge < -0.3 is 19.7 Å². The van der Waals surface area contributed by atoms with E-state index in [4.69, 9.17) is 9.47 Å². The molecule has 2 aromatic rings. The number of carbonyl (C=O) groups is 2. The molecule has 34 heavy (non-hydrogen) atoms. The Balaban J connectivity index is 1.47. The summed E-state index contributed by atoms with van der Waals surface area (Å²) < 4.78 is 39.5. The Kier molecular flexibility index (Phi) is 6.55. The van der Waals surface area contributed by atoms with Crippen molar-refractivity contribution in [2.45, 2.75) is 57.6 Å². The number of benzene rings is 2. The summed E-state index contributed by atoms with van der Waals surface area (Å²) in [5.74, 6) is 0.474. The minimum Gasteiger partial charge on any atom is -0.454 e. The Hall–Kier alpha value is -3.11. The zero-order valence-corrected chi connectivity index (χ0v) is 20.4. The van der Waals surface area contributed by atoms with Crippen LogP contribution in [0, 0.1) is 5.92 Å². The predicted molar refractivity (Wildman–Crippen MR) is 126 cm³/mol. The van der Waals surface area contributed by atoms with E-state index < -0.39 is 22.0 Å². The lowest BCUT2D eigenvalue weighted by atomic mass is 10.0.